The third-order valence-corrected chi connectivity index (χ3v) is 0.881. The minimum absolute atomic E-state index is 0. The normalized spacial score (nSPS) is 9.45. The van der Waals surface area contributed by atoms with Crippen LogP contribution in [-0.4, -0.2) is 0 Å². The number of hydrogen-bond donors (Lipinski definition) is 0. The standard InChI is InChI=1S/C8H16.C2H6.CH4/c1-7(2)5-6-8(3)4;1-2;/h5-8H,1-4H3;1-2H3;1H4. The van der Waals surface area contributed by atoms with E-state index in [1.807, 2.05) is 13.8 Å². The second-order valence-electron chi connectivity index (χ2n) is 2.87. The summed E-state index contributed by atoms with van der Waals surface area (Å²) in [6, 6.07) is 0. The van der Waals surface area contributed by atoms with Crippen molar-refractivity contribution in [2.24, 2.45) is 11.8 Å². The van der Waals surface area contributed by atoms with Crippen molar-refractivity contribution in [3.63, 3.8) is 0 Å². The monoisotopic (exact) mass is 158 g/mol. The summed E-state index contributed by atoms with van der Waals surface area (Å²) in [5.41, 5.74) is 0. The molecule has 0 spiro atoms. The Labute approximate surface area is 73.7 Å². The Morgan fingerprint density at radius 2 is 0.909 bits per heavy atom. The third kappa shape index (κ3) is 26.0. The van der Waals surface area contributed by atoms with Gasteiger partial charge in [0.1, 0.15) is 0 Å². The Balaban J connectivity index is -0.000000196. The highest BCUT2D eigenvalue weighted by Crippen LogP contribution is 1.99. The fourth-order valence-corrected chi connectivity index (χ4v) is 0.444. The number of hydrogen-bond acceptors (Lipinski definition) is 0. The highest BCUT2D eigenvalue weighted by Gasteiger charge is 1.85. The molecule has 0 saturated heterocycles. The zero-order chi connectivity index (χ0) is 8.57. The molecule has 0 nitrogen and oxygen atoms in total. The quantitative estimate of drug-likeness (QED) is 0.518. The topological polar surface area (TPSA) is 0 Å². The van der Waals surface area contributed by atoms with Crippen LogP contribution in [-0.2, 0) is 0 Å². The van der Waals surface area contributed by atoms with Crippen molar-refractivity contribution in [1.29, 1.82) is 0 Å². The molecule has 0 heteroatoms. The van der Waals surface area contributed by atoms with Crippen LogP contribution in [0.15, 0.2) is 12.2 Å². The minimum Gasteiger partial charge on any atom is -0.0857 e. The van der Waals surface area contributed by atoms with E-state index in [2.05, 4.69) is 39.8 Å². The first-order valence-electron chi connectivity index (χ1n) is 4.31. The first-order valence-corrected chi connectivity index (χ1v) is 4.31. The van der Waals surface area contributed by atoms with Gasteiger partial charge in [-0.2, -0.15) is 0 Å². The van der Waals surface area contributed by atoms with E-state index in [9.17, 15) is 0 Å². The molecule has 0 aliphatic heterocycles. The fourth-order valence-electron chi connectivity index (χ4n) is 0.444. The van der Waals surface area contributed by atoms with Gasteiger partial charge >= 0.3 is 0 Å². The van der Waals surface area contributed by atoms with Crippen LogP contribution < -0.4 is 0 Å². The summed E-state index contributed by atoms with van der Waals surface area (Å²) >= 11 is 0. The van der Waals surface area contributed by atoms with Crippen molar-refractivity contribution >= 4 is 0 Å². The average Bonchev–Trinajstić information content (AvgIpc) is 1.89. The molecule has 0 heterocycles. The first kappa shape index (κ1) is 17.0. The molecule has 0 bridgehead atoms. The Hall–Kier alpha value is -0.260. The van der Waals surface area contributed by atoms with Gasteiger partial charge in [-0.05, 0) is 11.8 Å². The molecule has 0 saturated carbocycles. The molecule has 0 unspecified atom stereocenters. The molecule has 0 radical (unpaired) electrons. The Bertz CT molecular complexity index is 58.1. The van der Waals surface area contributed by atoms with Crippen molar-refractivity contribution in [3.05, 3.63) is 12.2 Å². The van der Waals surface area contributed by atoms with Crippen molar-refractivity contribution in [2.75, 3.05) is 0 Å². The van der Waals surface area contributed by atoms with Crippen LogP contribution in [0.5, 0.6) is 0 Å². The lowest BCUT2D eigenvalue weighted by atomic mass is 10.1. The molecule has 70 valence electrons. The largest absolute Gasteiger partial charge is 0.0857 e. The van der Waals surface area contributed by atoms with Gasteiger partial charge in [-0.25, -0.2) is 0 Å². The van der Waals surface area contributed by atoms with Crippen LogP contribution >= 0.6 is 0 Å². The smallest absolute Gasteiger partial charge is 0.0290 e. The Morgan fingerprint density at radius 3 is 1.00 bits per heavy atom. The van der Waals surface area contributed by atoms with Gasteiger partial charge in [0.25, 0.3) is 0 Å². The maximum atomic E-state index is 2.24. The molecule has 0 atom stereocenters. The van der Waals surface area contributed by atoms with Gasteiger partial charge in [0.2, 0.25) is 0 Å². The number of allylic oxidation sites excluding steroid dienone is 2. The lowest BCUT2D eigenvalue weighted by Crippen LogP contribution is -1.81. The molecular weight excluding hydrogens is 132 g/mol. The summed E-state index contributed by atoms with van der Waals surface area (Å²) in [5, 5.41) is 0. The SMILES string of the molecule is C.CC.CC(C)C=CC(C)C. The zero-order valence-electron chi connectivity index (χ0n) is 8.31. The molecule has 0 aliphatic rings. The lowest BCUT2D eigenvalue weighted by Gasteiger charge is -1.95. The van der Waals surface area contributed by atoms with Gasteiger partial charge in [-0.1, -0.05) is 61.1 Å². The molecule has 0 aromatic carbocycles. The summed E-state index contributed by atoms with van der Waals surface area (Å²) < 4.78 is 0. The van der Waals surface area contributed by atoms with E-state index >= 15 is 0 Å². The van der Waals surface area contributed by atoms with Gasteiger partial charge in [0, 0.05) is 0 Å². The van der Waals surface area contributed by atoms with E-state index in [1.54, 1.807) is 0 Å². The Kier molecular flexibility index (Phi) is 19.2. The second kappa shape index (κ2) is 12.4. The summed E-state index contributed by atoms with van der Waals surface area (Å²) in [5.74, 6) is 1.41. The zero-order valence-corrected chi connectivity index (χ0v) is 8.31. The summed E-state index contributed by atoms with van der Waals surface area (Å²) in [6.07, 6.45) is 4.48. The van der Waals surface area contributed by atoms with E-state index in [1.165, 1.54) is 0 Å². The summed E-state index contributed by atoms with van der Waals surface area (Å²) in [7, 11) is 0. The van der Waals surface area contributed by atoms with Crippen molar-refractivity contribution in [3.8, 4) is 0 Å². The summed E-state index contributed by atoms with van der Waals surface area (Å²) in [6.45, 7) is 12.8. The van der Waals surface area contributed by atoms with Crippen LogP contribution in [0.4, 0.5) is 0 Å². The van der Waals surface area contributed by atoms with Crippen LogP contribution in [0.25, 0.3) is 0 Å². The van der Waals surface area contributed by atoms with E-state index in [4.69, 9.17) is 0 Å². The van der Waals surface area contributed by atoms with Gasteiger partial charge < -0.3 is 0 Å². The molecule has 0 aliphatic carbocycles. The van der Waals surface area contributed by atoms with Crippen LogP contribution in [0.2, 0.25) is 0 Å². The highest BCUT2D eigenvalue weighted by molar-refractivity contribution is 4.86. The van der Waals surface area contributed by atoms with Crippen molar-refractivity contribution in [2.45, 2.75) is 49.0 Å². The molecule has 0 N–H and O–H groups in total. The molecule has 0 amide bonds. The van der Waals surface area contributed by atoms with E-state index in [0.29, 0.717) is 11.8 Å². The predicted octanol–water partition coefficient (Wildman–Crippen LogP) is 4.52. The number of rotatable bonds is 2. The third-order valence-electron chi connectivity index (χ3n) is 0.881. The summed E-state index contributed by atoms with van der Waals surface area (Å²) in [4.78, 5) is 0. The van der Waals surface area contributed by atoms with Crippen LogP contribution in [0, 0.1) is 11.8 Å². The second-order valence-corrected chi connectivity index (χ2v) is 2.87. The van der Waals surface area contributed by atoms with Crippen LogP contribution in [0.1, 0.15) is 49.0 Å². The first-order chi connectivity index (χ1) is 4.63. The highest BCUT2D eigenvalue weighted by atomic mass is 13.9. The van der Waals surface area contributed by atoms with Gasteiger partial charge in [0.15, 0.2) is 0 Å². The maximum absolute atomic E-state index is 2.24. The Morgan fingerprint density at radius 1 is 0.727 bits per heavy atom. The van der Waals surface area contributed by atoms with Gasteiger partial charge in [-0.3, -0.25) is 0 Å². The maximum Gasteiger partial charge on any atom is -0.0290 e. The average molecular weight is 158 g/mol. The van der Waals surface area contributed by atoms with Gasteiger partial charge in [0.05, 0.1) is 0 Å². The minimum atomic E-state index is 0. The molecule has 0 aromatic heterocycles. The van der Waals surface area contributed by atoms with E-state index in [0.717, 1.165) is 0 Å². The van der Waals surface area contributed by atoms with Crippen molar-refractivity contribution < 1.29 is 0 Å². The van der Waals surface area contributed by atoms with E-state index < -0.39 is 0 Å². The van der Waals surface area contributed by atoms with E-state index in [-0.39, 0.29) is 7.43 Å². The molecule has 0 fully saturated rings. The molecule has 11 heavy (non-hydrogen) atoms. The molecular formula is C11H26. The van der Waals surface area contributed by atoms with Crippen molar-refractivity contribution in [1.82, 2.24) is 0 Å². The van der Waals surface area contributed by atoms with Gasteiger partial charge in [-0.15, -0.1) is 0 Å². The van der Waals surface area contributed by atoms with Crippen LogP contribution in [0.3, 0.4) is 0 Å². The predicted molar refractivity (Wildman–Crippen MR) is 56.9 cm³/mol. The lowest BCUT2D eigenvalue weighted by molar-refractivity contribution is 0.780. The molecule has 0 aromatic rings. The molecule has 0 rings (SSSR count). The fraction of sp³-hybridized carbons (Fsp3) is 0.818.